The number of hydrogen-bond acceptors (Lipinski definition) is 4. The second-order valence-corrected chi connectivity index (χ2v) is 6.79. The highest BCUT2D eigenvalue weighted by Gasteiger charge is 2.27. The molecule has 0 radical (unpaired) electrons. The van der Waals surface area contributed by atoms with Gasteiger partial charge in [0.25, 0.3) is 5.24 Å². The predicted octanol–water partition coefficient (Wildman–Crippen LogP) is 1.00. The van der Waals surface area contributed by atoms with E-state index >= 15 is 0 Å². The monoisotopic (exact) mass is 302 g/mol. The third kappa shape index (κ3) is 3.14. The van der Waals surface area contributed by atoms with Crippen molar-refractivity contribution >= 4 is 26.9 Å². The molecule has 0 atom stereocenters. The van der Waals surface area contributed by atoms with Gasteiger partial charge >= 0.3 is 0 Å². The van der Waals surface area contributed by atoms with E-state index in [9.17, 15) is 13.2 Å². The maximum Gasteiger partial charge on any atom is 0.252 e. The fourth-order valence-electron chi connectivity index (χ4n) is 1.96. The molecule has 5 nitrogen and oxygen atoms in total. The Kier molecular flexibility index (Phi) is 4.25. The van der Waals surface area contributed by atoms with Crippen LogP contribution in [0.15, 0.2) is 29.2 Å². The lowest BCUT2D eigenvalue weighted by atomic mass is 10.2. The molecule has 0 aliphatic carbocycles. The first-order chi connectivity index (χ1) is 8.91. The Morgan fingerprint density at radius 3 is 2.42 bits per heavy atom. The molecule has 1 aliphatic rings. The van der Waals surface area contributed by atoms with Crippen LogP contribution >= 0.6 is 11.6 Å². The first-order valence-corrected chi connectivity index (χ1v) is 7.71. The zero-order valence-corrected chi connectivity index (χ0v) is 12.1. The van der Waals surface area contributed by atoms with Crippen molar-refractivity contribution in [3.63, 3.8) is 0 Å². The van der Waals surface area contributed by atoms with Crippen molar-refractivity contribution in [2.45, 2.75) is 4.90 Å². The Morgan fingerprint density at radius 1 is 1.21 bits per heavy atom. The third-order valence-corrected chi connectivity index (χ3v) is 5.27. The normalized spacial score (nSPS) is 18.4. The molecule has 1 heterocycles. The summed E-state index contributed by atoms with van der Waals surface area (Å²) in [7, 11) is -1.59. The standard InChI is InChI=1S/C12H15ClN2O3S/c1-14-5-7-15(8-6-14)19(17,18)11-4-2-3-10(9-11)12(13)16/h2-4,9H,5-8H2,1H3. The van der Waals surface area contributed by atoms with Crippen LogP contribution in [-0.4, -0.2) is 56.1 Å². The van der Waals surface area contributed by atoms with Gasteiger partial charge in [-0.05, 0) is 30.8 Å². The average molecular weight is 303 g/mol. The van der Waals surface area contributed by atoms with Crippen LogP contribution in [0.25, 0.3) is 0 Å². The highest BCUT2D eigenvalue weighted by atomic mass is 35.5. The number of piperazine rings is 1. The zero-order chi connectivity index (χ0) is 14.0. The Hall–Kier alpha value is -0.950. The molecular weight excluding hydrogens is 288 g/mol. The van der Waals surface area contributed by atoms with E-state index in [2.05, 4.69) is 4.90 Å². The lowest BCUT2D eigenvalue weighted by Gasteiger charge is -2.31. The van der Waals surface area contributed by atoms with E-state index in [-0.39, 0.29) is 10.5 Å². The molecule has 19 heavy (non-hydrogen) atoms. The molecule has 104 valence electrons. The lowest BCUT2D eigenvalue weighted by Crippen LogP contribution is -2.47. The summed E-state index contributed by atoms with van der Waals surface area (Å²) in [4.78, 5) is 13.3. The second kappa shape index (κ2) is 5.58. The molecule has 1 aromatic rings. The number of benzene rings is 1. The Balaban J connectivity index is 2.29. The summed E-state index contributed by atoms with van der Waals surface area (Å²) < 4.78 is 26.3. The van der Waals surface area contributed by atoms with Crippen LogP contribution in [0.3, 0.4) is 0 Å². The van der Waals surface area contributed by atoms with Crippen molar-refractivity contribution in [3.8, 4) is 0 Å². The summed E-state index contributed by atoms with van der Waals surface area (Å²) in [5.74, 6) is 0. The minimum Gasteiger partial charge on any atom is -0.304 e. The van der Waals surface area contributed by atoms with Crippen molar-refractivity contribution in [1.82, 2.24) is 9.21 Å². The number of likely N-dealkylation sites (N-methyl/N-ethyl adjacent to an activating group) is 1. The zero-order valence-electron chi connectivity index (χ0n) is 10.5. The van der Waals surface area contributed by atoms with Gasteiger partial charge in [-0.25, -0.2) is 8.42 Å². The summed E-state index contributed by atoms with van der Waals surface area (Å²) in [6.45, 7) is 2.32. The minimum absolute atomic E-state index is 0.114. The van der Waals surface area contributed by atoms with Gasteiger partial charge in [0, 0.05) is 31.7 Å². The molecule has 1 aliphatic heterocycles. The van der Waals surface area contributed by atoms with Gasteiger partial charge in [-0.15, -0.1) is 0 Å². The molecule has 1 saturated heterocycles. The van der Waals surface area contributed by atoms with Gasteiger partial charge in [-0.1, -0.05) is 12.1 Å². The topological polar surface area (TPSA) is 57.7 Å². The molecule has 0 spiro atoms. The smallest absolute Gasteiger partial charge is 0.252 e. The van der Waals surface area contributed by atoms with Gasteiger partial charge in [0.05, 0.1) is 4.90 Å². The third-order valence-electron chi connectivity index (χ3n) is 3.16. The first kappa shape index (κ1) is 14.5. The van der Waals surface area contributed by atoms with Gasteiger partial charge < -0.3 is 4.90 Å². The molecule has 1 aromatic carbocycles. The summed E-state index contributed by atoms with van der Waals surface area (Å²) in [6.07, 6.45) is 0. The largest absolute Gasteiger partial charge is 0.304 e. The number of carbonyl (C=O) groups excluding carboxylic acids is 1. The van der Waals surface area contributed by atoms with E-state index in [1.807, 2.05) is 7.05 Å². The molecule has 0 N–H and O–H groups in total. The number of carbonyl (C=O) groups is 1. The van der Waals surface area contributed by atoms with Gasteiger partial charge in [0.2, 0.25) is 10.0 Å². The molecule has 1 fully saturated rings. The van der Waals surface area contributed by atoms with Crippen molar-refractivity contribution in [2.75, 3.05) is 33.2 Å². The predicted molar refractivity (Wildman–Crippen MR) is 72.9 cm³/mol. The number of halogens is 1. The molecule has 0 unspecified atom stereocenters. The van der Waals surface area contributed by atoms with E-state index < -0.39 is 15.3 Å². The average Bonchev–Trinajstić information content (AvgIpc) is 2.39. The minimum atomic E-state index is -3.55. The van der Waals surface area contributed by atoms with E-state index in [1.165, 1.54) is 28.6 Å². The molecule has 0 bridgehead atoms. The quantitative estimate of drug-likeness (QED) is 0.782. The van der Waals surface area contributed by atoms with Gasteiger partial charge in [0.1, 0.15) is 0 Å². The van der Waals surface area contributed by atoms with Gasteiger partial charge in [0.15, 0.2) is 0 Å². The van der Waals surface area contributed by atoms with Gasteiger partial charge in [-0.3, -0.25) is 4.79 Å². The molecule has 0 saturated carbocycles. The molecule has 7 heteroatoms. The van der Waals surface area contributed by atoms with Crippen LogP contribution < -0.4 is 0 Å². The van der Waals surface area contributed by atoms with E-state index in [1.54, 1.807) is 0 Å². The summed E-state index contributed by atoms with van der Waals surface area (Å²) in [5, 5.41) is -0.657. The Bertz CT molecular complexity index is 580. The van der Waals surface area contributed by atoms with Crippen molar-refractivity contribution in [1.29, 1.82) is 0 Å². The van der Waals surface area contributed by atoms with E-state index in [4.69, 9.17) is 11.6 Å². The number of hydrogen-bond donors (Lipinski definition) is 0. The van der Waals surface area contributed by atoms with Crippen LogP contribution in [0.5, 0.6) is 0 Å². The number of sulfonamides is 1. The molecule has 2 rings (SSSR count). The van der Waals surface area contributed by atoms with Crippen molar-refractivity contribution in [2.24, 2.45) is 0 Å². The molecule has 0 aromatic heterocycles. The lowest BCUT2D eigenvalue weighted by molar-refractivity contribution is 0.108. The van der Waals surface area contributed by atoms with Crippen LogP contribution in [-0.2, 0) is 10.0 Å². The summed E-state index contributed by atoms with van der Waals surface area (Å²) >= 11 is 5.38. The second-order valence-electron chi connectivity index (χ2n) is 4.51. The van der Waals surface area contributed by atoms with Crippen LogP contribution in [0, 0.1) is 0 Å². The fraction of sp³-hybridized carbons (Fsp3) is 0.417. The highest BCUT2D eigenvalue weighted by Crippen LogP contribution is 2.19. The molecular formula is C12H15ClN2O3S. The van der Waals surface area contributed by atoms with Crippen molar-refractivity contribution < 1.29 is 13.2 Å². The highest BCUT2D eigenvalue weighted by molar-refractivity contribution is 7.89. The van der Waals surface area contributed by atoms with Crippen LogP contribution in [0.1, 0.15) is 10.4 Å². The van der Waals surface area contributed by atoms with Gasteiger partial charge in [-0.2, -0.15) is 4.31 Å². The SMILES string of the molecule is CN1CCN(S(=O)(=O)c2cccc(C(=O)Cl)c2)CC1. The van der Waals surface area contributed by atoms with Crippen molar-refractivity contribution in [3.05, 3.63) is 29.8 Å². The number of nitrogens with zero attached hydrogens (tertiary/aromatic N) is 2. The van der Waals surface area contributed by atoms with E-state index in [0.717, 1.165) is 0 Å². The molecule has 0 amide bonds. The van der Waals surface area contributed by atoms with Crippen LogP contribution in [0.2, 0.25) is 0 Å². The summed E-state index contributed by atoms with van der Waals surface area (Å²) in [5.41, 5.74) is 0.192. The van der Waals surface area contributed by atoms with Crippen LogP contribution in [0.4, 0.5) is 0 Å². The maximum absolute atomic E-state index is 12.4. The fourth-order valence-corrected chi connectivity index (χ4v) is 3.54. The summed E-state index contributed by atoms with van der Waals surface area (Å²) in [6, 6.07) is 5.83. The maximum atomic E-state index is 12.4. The Labute approximate surface area is 117 Å². The van der Waals surface area contributed by atoms with E-state index in [0.29, 0.717) is 26.2 Å². The first-order valence-electron chi connectivity index (χ1n) is 5.90. The number of rotatable bonds is 3. The Morgan fingerprint density at radius 2 is 1.84 bits per heavy atom.